The summed E-state index contributed by atoms with van der Waals surface area (Å²) in [5, 5.41) is 2.28. The molecule has 1 aromatic rings. The number of halogens is 3. The molecule has 0 aromatic heterocycles. The zero-order valence-corrected chi connectivity index (χ0v) is 11.9. The van der Waals surface area contributed by atoms with Gasteiger partial charge < -0.3 is 11.1 Å². The summed E-state index contributed by atoms with van der Waals surface area (Å²) in [4.78, 5) is 22.2. The highest BCUT2D eigenvalue weighted by Gasteiger charge is 2.21. The molecule has 0 saturated carbocycles. The Bertz CT molecular complexity index is 521. The second kappa shape index (κ2) is 6.10. The third-order valence-corrected chi connectivity index (χ3v) is 3.89. The van der Waals surface area contributed by atoms with Crippen molar-refractivity contribution in [2.45, 2.75) is 18.7 Å². The minimum absolute atomic E-state index is 0.0147. The Labute approximate surface area is 117 Å². The van der Waals surface area contributed by atoms with Gasteiger partial charge in [0.25, 0.3) is 5.91 Å². The molecule has 19 heavy (non-hydrogen) atoms. The average Bonchev–Trinajstić information content (AvgIpc) is 2.30. The van der Waals surface area contributed by atoms with Gasteiger partial charge in [0.15, 0.2) is 0 Å². The summed E-state index contributed by atoms with van der Waals surface area (Å²) in [6.07, 6.45) is 0. The van der Waals surface area contributed by atoms with Crippen LogP contribution in [0.25, 0.3) is 0 Å². The fraction of sp³-hybridized carbons (Fsp3) is 0.333. The number of benzene rings is 1. The van der Waals surface area contributed by atoms with E-state index in [9.17, 15) is 18.4 Å². The molecule has 0 saturated heterocycles. The van der Waals surface area contributed by atoms with Gasteiger partial charge in [0.05, 0.1) is 16.1 Å². The fourth-order valence-electron chi connectivity index (χ4n) is 1.34. The molecule has 0 aliphatic heterocycles. The summed E-state index contributed by atoms with van der Waals surface area (Å²) in [5.74, 6) is -3.58. The van der Waals surface area contributed by atoms with E-state index >= 15 is 0 Å². The molecule has 0 aliphatic carbocycles. The van der Waals surface area contributed by atoms with Crippen molar-refractivity contribution in [3.05, 3.63) is 29.3 Å². The quantitative estimate of drug-likeness (QED) is 0.830. The highest BCUT2D eigenvalue weighted by molar-refractivity contribution is 9.10. The van der Waals surface area contributed by atoms with Crippen molar-refractivity contribution in [3.63, 3.8) is 0 Å². The lowest BCUT2D eigenvalue weighted by Crippen LogP contribution is -2.27. The van der Waals surface area contributed by atoms with Gasteiger partial charge in [0.1, 0.15) is 11.6 Å². The van der Waals surface area contributed by atoms with E-state index in [1.54, 1.807) is 13.8 Å². The molecule has 1 atom stereocenters. The van der Waals surface area contributed by atoms with Gasteiger partial charge in [0, 0.05) is 6.07 Å². The molecular weight excluding hydrogens is 322 g/mol. The van der Waals surface area contributed by atoms with E-state index < -0.39 is 33.8 Å². The van der Waals surface area contributed by atoms with Crippen LogP contribution in [-0.2, 0) is 4.79 Å². The van der Waals surface area contributed by atoms with E-state index in [1.807, 2.05) is 0 Å². The molecule has 4 nitrogen and oxygen atoms in total. The molecule has 2 amide bonds. The van der Waals surface area contributed by atoms with E-state index in [0.717, 1.165) is 6.07 Å². The standard InChI is InChI=1S/C12H13BrF2N2O2/c1-5(2)10(13)12(19)17-9-3-6(11(16)18)7(14)4-8(9)15/h3-5,10H,1-2H3,(H2,16,18)(H,17,19). The average molecular weight is 335 g/mol. The second-order valence-corrected chi connectivity index (χ2v) is 5.30. The lowest BCUT2D eigenvalue weighted by molar-refractivity contribution is -0.116. The molecule has 0 heterocycles. The Morgan fingerprint density at radius 1 is 1.26 bits per heavy atom. The third kappa shape index (κ3) is 3.73. The molecule has 0 bridgehead atoms. The monoisotopic (exact) mass is 334 g/mol. The van der Waals surface area contributed by atoms with Crippen molar-refractivity contribution in [2.24, 2.45) is 11.7 Å². The fourth-order valence-corrected chi connectivity index (χ4v) is 1.45. The first-order valence-corrected chi connectivity index (χ1v) is 6.39. The predicted molar refractivity (Wildman–Crippen MR) is 71.1 cm³/mol. The van der Waals surface area contributed by atoms with Crippen LogP contribution in [0.1, 0.15) is 24.2 Å². The third-order valence-electron chi connectivity index (χ3n) is 2.42. The molecule has 7 heteroatoms. The van der Waals surface area contributed by atoms with E-state index in [0.29, 0.717) is 6.07 Å². The summed E-state index contributed by atoms with van der Waals surface area (Å²) >= 11 is 3.15. The van der Waals surface area contributed by atoms with Crippen LogP contribution < -0.4 is 11.1 Å². The molecule has 104 valence electrons. The maximum absolute atomic E-state index is 13.5. The number of alkyl halides is 1. The Morgan fingerprint density at radius 2 is 1.84 bits per heavy atom. The zero-order valence-electron chi connectivity index (χ0n) is 10.3. The molecule has 1 aromatic carbocycles. The van der Waals surface area contributed by atoms with Gasteiger partial charge in [0.2, 0.25) is 5.91 Å². The Kier molecular flexibility index (Phi) is 4.99. The van der Waals surface area contributed by atoms with Crippen LogP contribution in [0.15, 0.2) is 12.1 Å². The number of hydrogen-bond acceptors (Lipinski definition) is 2. The van der Waals surface area contributed by atoms with Gasteiger partial charge in [-0.3, -0.25) is 9.59 Å². The first-order valence-electron chi connectivity index (χ1n) is 5.47. The van der Waals surface area contributed by atoms with Crippen LogP contribution in [0.4, 0.5) is 14.5 Å². The maximum atomic E-state index is 13.5. The van der Waals surface area contributed by atoms with Gasteiger partial charge in [-0.1, -0.05) is 29.8 Å². The summed E-state index contributed by atoms with van der Waals surface area (Å²) in [5.41, 5.74) is 4.18. The van der Waals surface area contributed by atoms with Crippen LogP contribution in [0.5, 0.6) is 0 Å². The number of amides is 2. The van der Waals surface area contributed by atoms with Crippen LogP contribution in [-0.4, -0.2) is 16.6 Å². The normalized spacial score (nSPS) is 12.3. The van der Waals surface area contributed by atoms with Crippen LogP contribution in [0, 0.1) is 17.6 Å². The van der Waals surface area contributed by atoms with E-state index in [2.05, 4.69) is 21.2 Å². The smallest absolute Gasteiger partial charge is 0.251 e. The van der Waals surface area contributed by atoms with Crippen molar-refractivity contribution >= 4 is 33.4 Å². The van der Waals surface area contributed by atoms with Crippen molar-refractivity contribution in [3.8, 4) is 0 Å². The topological polar surface area (TPSA) is 72.2 Å². The highest BCUT2D eigenvalue weighted by atomic mass is 79.9. The van der Waals surface area contributed by atoms with Gasteiger partial charge in [-0.2, -0.15) is 0 Å². The van der Waals surface area contributed by atoms with E-state index in [1.165, 1.54) is 0 Å². The van der Waals surface area contributed by atoms with E-state index in [4.69, 9.17) is 5.73 Å². The number of nitrogens with two attached hydrogens (primary N) is 1. The SMILES string of the molecule is CC(C)C(Br)C(=O)Nc1cc(C(N)=O)c(F)cc1F. The highest BCUT2D eigenvalue weighted by Crippen LogP contribution is 2.21. The van der Waals surface area contributed by atoms with Gasteiger partial charge in [-0.15, -0.1) is 0 Å². The summed E-state index contributed by atoms with van der Waals surface area (Å²) < 4.78 is 26.7. The van der Waals surface area contributed by atoms with Gasteiger partial charge >= 0.3 is 0 Å². The molecule has 3 N–H and O–H groups in total. The van der Waals surface area contributed by atoms with Crippen LogP contribution >= 0.6 is 15.9 Å². The maximum Gasteiger partial charge on any atom is 0.251 e. The molecule has 1 rings (SSSR count). The number of carbonyl (C=O) groups is 2. The van der Waals surface area contributed by atoms with Crippen molar-refractivity contribution in [2.75, 3.05) is 5.32 Å². The first kappa shape index (κ1) is 15.6. The van der Waals surface area contributed by atoms with Crippen molar-refractivity contribution in [1.29, 1.82) is 0 Å². The number of nitrogens with one attached hydrogen (secondary N) is 1. The molecule has 0 aliphatic rings. The predicted octanol–water partition coefficient (Wildman–Crippen LogP) is 2.42. The summed E-state index contributed by atoms with van der Waals surface area (Å²) in [6, 6.07) is 1.39. The largest absolute Gasteiger partial charge is 0.366 e. The number of primary amides is 1. The molecule has 0 spiro atoms. The van der Waals surface area contributed by atoms with Crippen molar-refractivity contribution < 1.29 is 18.4 Å². The van der Waals surface area contributed by atoms with Crippen LogP contribution in [0.2, 0.25) is 0 Å². The summed E-state index contributed by atoms with van der Waals surface area (Å²) in [6.45, 7) is 3.60. The van der Waals surface area contributed by atoms with Gasteiger partial charge in [-0.05, 0) is 12.0 Å². The lowest BCUT2D eigenvalue weighted by Gasteiger charge is -2.14. The zero-order chi connectivity index (χ0) is 14.7. The Balaban J connectivity index is 3.05. The van der Waals surface area contributed by atoms with Gasteiger partial charge in [-0.25, -0.2) is 8.78 Å². The van der Waals surface area contributed by atoms with Crippen LogP contribution in [0.3, 0.4) is 0 Å². The second-order valence-electron chi connectivity index (χ2n) is 4.31. The Morgan fingerprint density at radius 3 is 2.32 bits per heavy atom. The van der Waals surface area contributed by atoms with E-state index in [-0.39, 0.29) is 11.6 Å². The minimum Gasteiger partial charge on any atom is -0.366 e. The molecular formula is C12H13BrF2N2O2. The van der Waals surface area contributed by atoms with Crippen molar-refractivity contribution in [1.82, 2.24) is 0 Å². The summed E-state index contributed by atoms with van der Waals surface area (Å²) in [7, 11) is 0. The molecule has 1 unspecified atom stereocenters. The lowest BCUT2D eigenvalue weighted by atomic mass is 10.1. The minimum atomic E-state index is -1.07. The number of hydrogen-bond donors (Lipinski definition) is 2. The first-order chi connectivity index (χ1) is 8.73. The number of rotatable bonds is 4. The number of carbonyl (C=O) groups excluding carboxylic acids is 2. The molecule has 0 radical (unpaired) electrons. The molecule has 0 fully saturated rings. The number of anilines is 1. The Hall–Kier alpha value is -1.50.